The number of halogens is 1. The van der Waals surface area contributed by atoms with Crippen LogP contribution in [0.1, 0.15) is 50.2 Å². The zero-order valence-electron chi connectivity index (χ0n) is 19.1. The summed E-state index contributed by atoms with van der Waals surface area (Å²) in [7, 11) is 3.16. The van der Waals surface area contributed by atoms with Crippen LogP contribution in [0.25, 0.3) is 0 Å². The van der Waals surface area contributed by atoms with Crippen molar-refractivity contribution in [2.45, 2.75) is 46.0 Å². The number of carbonyl (C=O) groups excluding carboxylic acids is 2. The second-order valence-electron chi connectivity index (χ2n) is 9.30. The molecular weight excluding hydrogens is 426 g/mol. The summed E-state index contributed by atoms with van der Waals surface area (Å²) in [5, 5.41) is 0.593. The third-order valence-corrected chi connectivity index (χ3v) is 6.77. The second-order valence-corrected chi connectivity index (χ2v) is 9.71. The Morgan fingerprint density at radius 3 is 2.47 bits per heavy atom. The van der Waals surface area contributed by atoms with E-state index in [1.54, 1.807) is 25.2 Å². The summed E-state index contributed by atoms with van der Waals surface area (Å²) in [6.07, 6.45) is 1.22. The predicted molar refractivity (Wildman–Crippen MR) is 126 cm³/mol. The molecule has 0 saturated heterocycles. The van der Waals surface area contributed by atoms with Crippen molar-refractivity contribution >= 4 is 29.0 Å². The number of nitrogens with zero attached hydrogens (tertiary/aromatic N) is 1. The number of allylic oxidation sites excluding steroid dienone is 2. The van der Waals surface area contributed by atoms with E-state index in [9.17, 15) is 9.59 Å². The van der Waals surface area contributed by atoms with Crippen LogP contribution in [0.15, 0.2) is 47.7 Å². The van der Waals surface area contributed by atoms with Crippen LogP contribution >= 0.6 is 11.6 Å². The van der Waals surface area contributed by atoms with E-state index in [2.05, 4.69) is 13.8 Å². The number of ether oxygens (including phenoxy) is 2. The minimum absolute atomic E-state index is 0.0657. The molecule has 0 N–H and O–H groups in total. The molecular formula is C26H28ClNO4. The zero-order valence-corrected chi connectivity index (χ0v) is 19.9. The summed E-state index contributed by atoms with van der Waals surface area (Å²) in [4.78, 5) is 28.8. The smallest absolute Gasteiger partial charge is 0.232 e. The van der Waals surface area contributed by atoms with Gasteiger partial charge in [0.1, 0.15) is 0 Å². The van der Waals surface area contributed by atoms with Gasteiger partial charge in [-0.2, -0.15) is 0 Å². The van der Waals surface area contributed by atoms with Gasteiger partial charge in [0.25, 0.3) is 0 Å². The van der Waals surface area contributed by atoms with Crippen molar-refractivity contribution in [1.82, 2.24) is 0 Å². The number of hydrogen-bond donors (Lipinski definition) is 0. The minimum atomic E-state index is -0.386. The van der Waals surface area contributed by atoms with Crippen LogP contribution in [0.3, 0.4) is 0 Å². The third-order valence-electron chi connectivity index (χ3n) is 6.37. The average Bonchev–Trinajstić information content (AvgIpc) is 2.73. The quantitative estimate of drug-likeness (QED) is 0.584. The molecule has 1 heterocycles. The fraction of sp³-hybridized carbons (Fsp3) is 0.385. The van der Waals surface area contributed by atoms with E-state index in [-0.39, 0.29) is 29.4 Å². The van der Waals surface area contributed by atoms with Crippen molar-refractivity contribution in [3.63, 3.8) is 0 Å². The van der Waals surface area contributed by atoms with E-state index < -0.39 is 0 Å². The molecule has 2 aromatic carbocycles. The lowest BCUT2D eigenvalue weighted by atomic mass is 9.69. The molecule has 1 aliphatic heterocycles. The van der Waals surface area contributed by atoms with Gasteiger partial charge in [-0.25, -0.2) is 0 Å². The van der Waals surface area contributed by atoms with Crippen molar-refractivity contribution in [3.05, 3.63) is 63.8 Å². The summed E-state index contributed by atoms with van der Waals surface area (Å²) in [5.41, 5.74) is 3.63. The molecule has 0 bridgehead atoms. The van der Waals surface area contributed by atoms with E-state index in [4.69, 9.17) is 21.1 Å². The molecule has 1 aliphatic carbocycles. The minimum Gasteiger partial charge on any atom is -0.493 e. The first-order valence-electron chi connectivity index (χ1n) is 10.7. The molecule has 1 amide bonds. The molecule has 0 radical (unpaired) electrons. The van der Waals surface area contributed by atoms with Crippen LogP contribution < -0.4 is 14.4 Å². The summed E-state index contributed by atoms with van der Waals surface area (Å²) < 4.78 is 11.1. The number of benzene rings is 2. The van der Waals surface area contributed by atoms with E-state index >= 15 is 0 Å². The lowest BCUT2D eigenvalue weighted by Gasteiger charge is -2.43. The summed E-state index contributed by atoms with van der Waals surface area (Å²) >= 11 is 6.39. The van der Waals surface area contributed by atoms with Gasteiger partial charge in [0.05, 0.1) is 19.9 Å². The zero-order chi connectivity index (χ0) is 23.2. The molecule has 2 aliphatic rings. The lowest BCUT2D eigenvalue weighted by Crippen LogP contribution is -2.43. The Hall–Kier alpha value is -2.79. The highest BCUT2D eigenvalue weighted by Gasteiger charge is 2.45. The van der Waals surface area contributed by atoms with Crippen LogP contribution in [0, 0.1) is 12.3 Å². The Bertz CT molecular complexity index is 1130. The average molecular weight is 454 g/mol. The number of methoxy groups -OCH3 is 2. The number of aryl methyl sites for hydroxylation is 1. The first-order chi connectivity index (χ1) is 15.2. The Morgan fingerprint density at radius 1 is 1.06 bits per heavy atom. The van der Waals surface area contributed by atoms with Gasteiger partial charge >= 0.3 is 0 Å². The molecule has 6 heteroatoms. The van der Waals surface area contributed by atoms with Crippen LogP contribution in [-0.4, -0.2) is 25.9 Å². The molecule has 5 nitrogen and oxygen atoms in total. The van der Waals surface area contributed by atoms with Crippen LogP contribution in [0.4, 0.5) is 5.69 Å². The number of carbonyl (C=O) groups is 2. The Morgan fingerprint density at radius 2 is 1.81 bits per heavy atom. The number of para-hydroxylation sites is 1. The highest BCUT2D eigenvalue weighted by molar-refractivity contribution is 6.31. The monoisotopic (exact) mass is 453 g/mol. The molecule has 0 saturated carbocycles. The van der Waals surface area contributed by atoms with E-state index in [0.717, 1.165) is 16.8 Å². The van der Waals surface area contributed by atoms with Gasteiger partial charge in [0.2, 0.25) is 5.91 Å². The normalized spacial score (nSPS) is 20.3. The molecule has 1 unspecified atom stereocenters. The molecule has 4 rings (SSSR count). The molecule has 2 aromatic rings. The van der Waals surface area contributed by atoms with Crippen molar-refractivity contribution in [3.8, 4) is 11.5 Å². The van der Waals surface area contributed by atoms with Gasteiger partial charge in [-0.05, 0) is 42.5 Å². The predicted octanol–water partition coefficient (Wildman–Crippen LogP) is 5.83. The standard InChI is InChI=1S/C26H28ClNO4/c1-15-9-10-16(11-19(15)27)28-20-13-26(2,3)14-21(29)24(20)18(12-23(28)30)17-7-6-8-22(31-4)25(17)32-5/h6-11,18H,12-14H2,1-5H3. The van der Waals surface area contributed by atoms with Gasteiger partial charge in [0, 0.05) is 40.6 Å². The molecule has 0 spiro atoms. The summed E-state index contributed by atoms with van der Waals surface area (Å²) in [5.74, 6) is 0.759. The number of ketones is 1. The highest BCUT2D eigenvalue weighted by atomic mass is 35.5. The molecule has 168 valence electrons. The fourth-order valence-corrected chi connectivity index (χ4v) is 5.06. The van der Waals surface area contributed by atoms with Crippen molar-refractivity contribution < 1.29 is 19.1 Å². The van der Waals surface area contributed by atoms with Crippen molar-refractivity contribution in [2.24, 2.45) is 5.41 Å². The largest absolute Gasteiger partial charge is 0.493 e. The van der Waals surface area contributed by atoms with E-state index in [1.165, 1.54) is 0 Å². The number of amides is 1. The first kappa shape index (κ1) is 22.4. The van der Waals surface area contributed by atoms with Gasteiger partial charge in [-0.1, -0.05) is 43.6 Å². The molecule has 32 heavy (non-hydrogen) atoms. The maximum absolute atomic E-state index is 13.6. The van der Waals surface area contributed by atoms with Gasteiger partial charge in [0.15, 0.2) is 17.3 Å². The van der Waals surface area contributed by atoms with E-state index in [0.29, 0.717) is 40.6 Å². The Labute approximate surface area is 194 Å². The molecule has 1 atom stereocenters. The van der Waals surface area contributed by atoms with Crippen LogP contribution in [-0.2, 0) is 9.59 Å². The number of anilines is 1. The highest BCUT2D eigenvalue weighted by Crippen LogP contribution is 2.50. The number of rotatable bonds is 4. The third kappa shape index (κ3) is 3.79. The number of Topliss-reactive ketones (excluding diaryl/α,β-unsaturated/α-hetero) is 1. The summed E-state index contributed by atoms with van der Waals surface area (Å²) in [6.45, 7) is 6.05. The second kappa shape index (κ2) is 8.28. The lowest BCUT2D eigenvalue weighted by molar-refractivity contribution is -0.121. The summed E-state index contributed by atoms with van der Waals surface area (Å²) in [6, 6.07) is 11.2. The maximum Gasteiger partial charge on any atom is 0.232 e. The van der Waals surface area contributed by atoms with E-state index in [1.807, 2.05) is 37.3 Å². The van der Waals surface area contributed by atoms with Crippen molar-refractivity contribution in [1.29, 1.82) is 0 Å². The van der Waals surface area contributed by atoms with Gasteiger partial charge in [-0.3, -0.25) is 14.5 Å². The Kier molecular flexibility index (Phi) is 5.80. The molecule has 0 aromatic heterocycles. The van der Waals surface area contributed by atoms with Crippen molar-refractivity contribution in [2.75, 3.05) is 19.1 Å². The van der Waals surface area contributed by atoms with Crippen LogP contribution in [0.5, 0.6) is 11.5 Å². The number of hydrogen-bond acceptors (Lipinski definition) is 4. The topological polar surface area (TPSA) is 55.8 Å². The van der Waals surface area contributed by atoms with Gasteiger partial charge < -0.3 is 9.47 Å². The fourth-order valence-electron chi connectivity index (χ4n) is 4.89. The molecule has 0 fully saturated rings. The maximum atomic E-state index is 13.6. The SMILES string of the molecule is COc1cccc(C2CC(=O)N(c3ccc(C)c(Cl)c3)C3=C2C(=O)CC(C)(C)C3)c1OC. The first-order valence-corrected chi connectivity index (χ1v) is 11.1. The van der Waals surface area contributed by atoms with Gasteiger partial charge in [-0.15, -0.1) is 0 Å². The van der Waals surface area contributed by atoms with Crippen LogP contribution in [0.2, 0.25) is 5.02 Å². The Balaban J connectivity index is 1.94.